The van der Waals surface area contributed by atoms with E-state index in [9.17, 15) is 0 Å². The Morgan fingerprint density at radius 2 is 0.932 bits per heavy atom. The molecule has 4 aromatic carbocycles. The molecule has 0 N–H and O–H groups in total. The van der Waals surface area contributed by atoms with E-state index in [1.165, 1.54) is 81.9 Å². The van der Waals surface area contributed by atoms with E-state index in [0.29, 0.717) is 0 Å². The fourth-order valence-electron chi connectivity index (χ4n) is 7.02. The molecule has 0 saturated heterocycles. The molecule has 225 valence electrons. The first kappa shape index (κ1) is 32.7. The molecule has 1 aliphatic carbocycles. The minimum absolute atomic E-state index is 0.121. The summed E-state index contributed by atoms with van der Waals surface area (Å²) in [7, 11) is -2.65. The molecule has 0 radical (unpaired) electrons. The summed E-state index contributed by atoms with van der Waals surface area (Å²) in [5.41, 5.74) is 7.27. The number of unbranched alkanes of at least 4 members (excludes halogenated alkanes) is 3. The predicted octanol–water partition coefficient (Wildman–Crippen LogP) is 9.17. The molecule has 44 heavy (non-hydrogen) atoms. The number of aryl methyl sites for hydroxylation is 3. The quantitative estimate of drug-likeness (QED) is 0.0909. The molecule has 1 aliphatic rings. The van der Waals surface area contributed by atoms with Crippen LogP contribution in [0.4, 0.5) is 0 Å². The summed E-state index contributed by atoms with van der Waals surface area (Å²) in [4.78, 5) is 0. The average Bonchev–Trinajstić information content (AvgIpc) is 3.44. The Balaban J connectivity index is 1.73. The molecule has 0 spiro atoms. The Morgan fingerprint density at radius 3 is 1.32 bits per heavy atom. The Bertz CT molecular complexity index is 1390. The van der Waals surface area contributed by atoms with Crippen LogP contribution < -0.4 is 15.6 Å². The van der Waals surface area contributed by atoms with E-state index in [4.69, 9.17) is 0 Å². The van der Waals surface area contributed by atoms with Gasteiger partial charge in [-0.3, -0.25) is 0 Å². The third kappa shape index (κ3) is 6.91. The second-order valence-corrected chi connectivity index (χ2v) is 18.7. The zero-order valence-corrected chi connectivity index (χ0v) is 29.7. The van der Waals surface area contributed by atoms with E-state index in [1.54, 1.807) is 0 Å². The van der Waals surface area contributed by atoms with Gasteiger partial charge in [-0.05, 0) is 0 Å². The van der Waals surface area contributed by atoms with Crippen molar-refractivity contribution in [3.63, 3.8) is 0 Å². The zero-order chi connectivity index (χ0) is 30.8. The zero-order valence-electron chi connectivity index (χ0n) is 27.1. The fourth-order valence-corrected chi connectivity index (χ4v) is 14.8. The first-order chi connectivity index (χ1) is 21.5. The van der Waals surface area contributed by atoms with Gasteiger partial charge < -0.3 is 0 Å². The molecule has 4 aromatic rings. The molecule has 5 rings (SSSR count). The SMILES string of the molecule is CCCCc1ccc([Si](c2ccc(CCCC)cc2)(c2ccc(CCCC)cc2)[C]2([Ti])C=CC=C2Cc2ccccc2)cc1. The molecule has 0 amide bonds. The number of benzene rings is 4. The third-order valence-corrected chi connectivity index (χ3v) is 17.4. The van der Waals surface area contributed by atoms with Crippen LogP contribution in [0.3, 0.4) is 0 Å². The van der Waals surface area contributed by atoms with Gasteiger partial charge in [0.2, 0.25) is 0 Å². The van der Waals surface area contributed by atoms with Crippen LogP contribution in [0.2, 0.25) is 3.34 Å². The van der Waals surface area contributed by atoms with Gasteiger partial charge in [0.15, 0.2) is 0 Å². The summed E-state index contributed by atoms with van der Waals surface area (Å²) in [6, 6.07) is 40.7. The van der Waals surface area contributed by atoms with Gasteiger partial charge in [-0.15, -0.1) is 0 Å². The number of hydrogen-bond donors (Lipinski definition) is 0. The first-order valence-corrected chi connectivity index (χ1v) is 19.8. The minimum atomic E-state index is -2.65. The van der Waals surface area contributed by atoms with Gasteiger partial charge in [-0.2, -0.15) is 0 Å². The maximum atomic E-state index is 2.55. The average molecular weight is 630 g/mol. The summed E-state index contributed by atoms with van der Waals surface area (Å²) in [5.74, 6) is 0. The summed E-state index contributed by atoms with van der Waals surface area (Å²) in [6.07, 6.45) is 19.2. The van der Waals surface area contributed by atoms with E-state index in [0.717, 1.165) is 25.7 Å². The second kappa shape index (κ2) is 15.5. The van der Waals surface area contributed by atoms with Gasteiger partial charge in [0.1, 0.15) is 0 Å². The van der Waals surface area contributed by atoms with Crippen molar-refractivity contribution >= 4 is 23.6 Å². The van der Waals surface area contributed by atoms with Crippen molar-refractivity contribution < 1.29 is 20.4 Å². The Morgan fingerprint density at radius 1 is 0.523 bits per heavy atom. The molecule has 0 aliphatic heterocycles. The van der Waals surface area contributed by atoms with Crippen molar-refractivity contribution in [3.8, 4) is 0 Å². The molecular formula is C42H49SiTi. The number of rotatable bonds is 15. The Kier molecular flexibility index (Phi) is 11.5. The molecule has 0 bridgehead atoms. The van der Waals surface area contributed by atoms with E-state index >= 15 is 0 Å². The Labute approximate surface area is 280 Å². The van der Waals surface area contributed by atoms with Crippen molar-refractivity contribution in [1.82, 2.24) is 0 Å². The van der Waals surface area contributed by atoms with Gasteiger partial charge in [0.25, 0.3) is 0 Å². The maximum absolute atomic E-state index is 2.65. The van der Waals surface area contributed by atoms with Crippen molar-refractivity contribution in [2.75, 3.05) is 0 Å². The van der Waals surface area contributed by atoms with Crippen molar-refractivity contribution in [2.24, 2.45) is 0 Å². The number of allylic oxidation sites excluding steroid dienone is 4. The fraction of sp³-hybridized carbons (Fsp3) is 0.333. The van der Waals surface area contributed by atoms with Gasteiger partial charge >= 0.3 is 282 Å². The summed E-state index contributed by atoms with van der Waals surface area (Å²) < 4.78 is -0.121. The summed E-state index contributed by atoms with van der Waals surface area (Å²) >= 11 is 2.55. The molecule has 0 heterocycles. The van der Waals surface area contributed by atoms with E-state index < -0.39 is 8.07 Å². The van der Waals surface area contributed by atoms with Gasteiger partial charge in [-0.25, -0.2) is 0 Å². The molecular weight excluding hydrogens is 580 g/mol. The van der Waals surface area contributed by atoms with Crippen molar-refractivity contribution in [3.05, 3.63) is 149 Å². The monoisotopic (exact) mass is 629 g/mol. The standard InChI is InChI=1S/C42H49Si.Ti/c1-4-7-14-34-21-27-39(28-22-34)43(40-29-23-35(24-30-40)15-8-5-2,41-31-25-36(26-32-41)16-9-6-3)42-20-13-19-38(42)33-37-17-11-10-12-18-37;/h10-13,17-32H,4-9,14-16,33H2,1-3H3;. The molecule has 0 aromatic heterocycles. The first-order valence-electron chi connectivity index (χ1n) is 17.0. The topological polar surface area (TPSA) is 0 Å². The van der Waals surface area contributed by atoms with Crippen LogP contribution in [0.1, 0.15) is 81.5 Å². The predicted molar refractivity (Wildman–Crippen MR) is 190 cm³/mol. The van der Waals surface area contributed by atoms with Crippen LogP contribution in [0, 0.1) is 0 Å². The molecule has 1 atom stereocenters. The van der Waals surface area contributed by atoms with Crippen LogP contribution in [0.25, 0.3) is 0 Å². The number of hydrogen-bond acceptors (Lipinski definition) is 0. The van der Waals surface area contributed by atoms with Gasteiger partial charge in [0.05, 0.1) is 0 Å². The molecule has 0 saturated carbocycles. The summed E-state index contributed by atoms with van der Waals surface area (Å²) in [6.45, 7) is 6.86. The normalized spacial score (nSPS) is 16.3. The van der Waals surface area contributed by atoms with Crippen LogP contribution in [-0.4, -0.2) is 8.07 Å². The van der Waals surface area contributed by atoms with Crippen LogP contribution in [0.5, 0.6) is 0 Å². The van der Waals surface area contributed by atoms with Crippen LogP contribution >= 0.6 is 0 Å². The van der Waals surface area contributed by atoms with E-state index in [1.807, 2.05) is 0 Å². The van der Waals surface area contributed by atoms with Crippen molar-refractivity contribution in [2.45, 2.75) is 88.3 Å². The van der Waals surface area contributed by atoms with Crippen LogP contribution in [-0.2, 0) is 46.1 Å². The van der Waals surface area contributed by atoms with E-state index in [-0.39, 0.29) is 3.34 Å². The second-order valence-electron chi connectivity index (χ2n) is 12.7. The van der Waals surface area contributed by atoms with Gasteiger partial charge in [0, 0.05) is 0 Å². The summed E-state index contributed by atoms with van der Waals surface area (Å²) in [5, 5.41) is 4.52. The van der Waals surface area contributed by atoms with Gasteiger partial charge in [-0.1, -0.05) is 0 Å². The van der Waals surface area contributed by atoms with E-state index in [2.05, 4.69) is 163 Å². The molecule has 0 nitrogen and oxygen atoms in total. The molecule has 2 heteroatoms. The Hall–Kier alpha value is -2.71. The third-order valence-electron chi connectivity index (χ3n) is 9.60. The molecule has 1 unspecified atom stereocenters. The molecule has 0 fully saturated rings. The van der Waals surface area contributed by atoms with Crippen molar-refractivity contribution in [1.29, 1.82) is 0 Å². The van der Waals surface area contributed by atoms with Crippen LogP contribution in [0.15, 0.2) is 127 Å².